The lowest BCUT2D eigenvalue weighted by atomic mass is 9.98. The molecule has 10 nitrogen and oxygen atoms in total. The van der Waals surface area contributed by atoms with Crippen molar-refractivity contribution in [2.75, 3.05) is 19.7 Å². The minimum absolute atomic E-state index is 0.108. The van der Waals surface area contributed by atoms with E-state index in [1.54, 1.807) is 0 Å². The van der Waals surface area contributed by atoms with Crippen LogP contribution in [-0.2, 0) is 19.1 Å². The molecular weight excluding hydrogens is 478 g/mol. The van der Waals surface area contributed by atoms with E-state index >= 15 is 0 Å². The molecule has 5 rings (SSSR count). The zero-order chi connectivity index (χ0) is 26.1. The van der Waals surface area contributed by atoms with Gasteiger partial charge in [0, 0.05) is 12.5 Å². The summed E-state index contributed by atoms with van der Waals surface area (Å²) in [6.45, 7) is 0.0664. The second kappa shape index (κ2) is 10.2. The van der Waals surface area contributed by atoms with Gasteiger partial charge in [0.2, 0.25) is 11.8 Å². The molecule has 2 aromatic rings. The average molecular weight is 508 g/mol. The first-order valence-electron chi connectivity index (χ1n) is 12.5. The molecule has 0 saturated carbocycles. The molecule has 3 amide bonds. The number of carbonyl (C=O) groups is 4. The van der Waals surface area contributed by atoms with Crippen LogP contribution in [0.5, 0.6) is 0 Å². The van der Waals surface area contributed by atoms with E-state index in [9.17, 15) is 29.4 Å². The lowest BCUT2D eigenvalue weighted by Gasteiger charge is -2.31. The van der Waals surface area contributed by atoms with Crippen LogP contribution >= 0.6 is 0 Å². The number of amides is 3. The van der Waals surface area contributed by atoms with Crippen molar-refractivity contribution in [3.8, 4) is 11.1 Å². The number of hydrogen-bond donors (Lipinski definition) is 3. The number of hydrogen-bond acceptors (Lipinski definition) is 6. The van der Waals surface area contributed by atoms with Crippen molar-refractivity contribution >= 4 is 23.9 Å². The van der Waals surface area contributed by atoms with Gasteiger partial charge < -0.3 is 30.1 Å². The van der Waals surface area contributed by atoms with Crippen molar-refractivity contribution in [3.63, 3.8) is 0 Å². The summed E-state index contributed by atoms with van der Waals surface area (Å²) < 4.78 is 5.47. The van der Waals surface area contributed by atoms with Gasteiger partial charge in [0.05, 0.1) is 0 Å². The number of likely N-dealkylation sites (tertiary alicyclic amines) is 2. The Bertz CT molecular complexity index is 1190. The fraction of sp³-hybridized carbons (Fsp3) is 0.407. The van der Waals surface area contributed by atoms with Crippen LogP contribution in [0.15, 0.2) is 48.5 Å². The van der Waals surface area contributed by atoms with Crippen LogP contribution in [0.1, 0.15) is 42.7 Å². The molecule has 37 heavy (non-hydrogen) atoms. The van der Waals surface area contributed by atoms with Gasteiger partial charge in [-0.2, -0.15) is 0 Å². The van der Waals surface area contributed by atoms with Gasteiger partial charge in [0.1, 0.15) is 31.5 Å². The first-order chi connectivity index (χ1) is 17.9. The van der Waals surface area contributed by atoms with Crippen molar-refractivity contribution in [2.24, 2.45) is 0 Å². The largest absolute Gasteiger partial charge is 0.480 e. The smallest absolute Gasteiger partial charge is 0.407 e. The van der Waals surface area contributed by atoms with Crippen LogP contribution < -0.4 is 5.32 Å². The third kappa shape index (κ3) is 4.64. The van der Waals surface area contributed by atoms with Crippen molar-refractivity contribution < 1.29 is 34.1 Å². The zero-order valence-corrected chi connectivity index (χ0v) is 20.2. The second-order valence-electron chi connectivity index (χ2n) is 9.58. The minimum Gasteiger partial charge on any atom is -0.480 e. The average Bonchev–Trinajstić information content (AvgIpc) is 3.62. The number of nitrogens with zero attached hydrogens (tertiary/aromatic N) is 2. The Labute approximate surface area is 213 Å². The molecule has 2 saturated heterocycles. The number of rotatable bonds is 6. The number of aliphatic hydroxyl groups excluding tert-OH is 1. The number of benzene rings is 2. The highest BCUT2D eigenvalue weighted by molar-refractivity contribution is 5.92. The molecule has 0 spiro atoms. The highest BCUT2D eigenvalue weighted by Gasteiger charge is 2.45. The second-order valence-corrected chi connectivity index (χ2v) is 9.58. The Morgan fingerprint density at radius 2 is 1.57 bits per heavy atom. The van der Waals surface area contributed by atoms with Gasteiger partial charge in [-0.1, -0.05) is 48.5 Å². The Morgan fingerprint density at radius 3 is 2.22 bits per heavy atom. The van der Waals surface area contributed by atoms with Crippen LogP contribution in [0.2, 0.25) is 0 Å². The Hall–Kier alpha value is -3.92. The Balaban J connectivity index is 1.17. The van der Waals surface area contributed by atoms with E-state index in [1.807, 2.05) is 48.5 Å². The first-order valence-corrected chi connectivity index (χ1v) is 12.5. The van der Waals surface area contributed by atoms with E-state index in [1.165, 1.54) is 4.90 Å². The molecule has 3 N–H and O–H groups in total. The van der Waals surface area contributed by atoms with Crippen molar-refractivity contribution in [2.45, 2.75) is 49.9 Å². The molecule has 10 heteroatoms. The predicted molar refractivity (Wildman–Crippen MR) is 131 cm³/mol. The molecule has 3 aliphatic rings. The molecule has 0 aromatic heterocycles. The lowest BCUT2D eigenvalue weighted by Crippen LogP contribution is -2.54. The molecule has 0 unspecified atom stereocenters. The summed E-state index contributed by atoms with van der Waals surface area (Å²) in [6, 6.07) is 14.0. The number of ether oxygens (including phenoxy) is 1. The van der Waals surface area contributed by atoms with Gasteiger partial charge in [-0.15, -0.1) is 0 Å². The van der Waals surface area contributed by atoms with E-state index in [-0.39, 0.29) is 31.9 Å². The lowest BCUT2D eigenvalue weighted by molar-refractivity contribution is -0.158. The quantitative estimate of drug-likeness (QED) is 0.543. The summed E-state index contributed by atoms with van der Waals surface area (Å²) in [5.41, 5.74) is 4.38. The molecule has 0 radical (unpaired) electrons. The van der Waals surface area contributed by atoms with E-state index < -0.39 is 42.2 Å². The number of carboxylic acid groups (broad SMARTS) is 1. The maximum absolute atomic E-state index is 13.1. The van der Waals surface area contributed by atoms with Gasteiger partial charge in [-0.05, 0) is 47.9 Å². The third-order valence-corrected chi connectivity index (χ3v) is 7.48. The molecule has 1 aliphatic carbocycles. The SMILES string of the molecule is O=C(NCC(=O)N1CCC[C@H]1C(=O)N1[C@H](O)CC[C@H]1C(=O)O)OCC1c2ccccc2-c2ccccc21. The zero-order valence-electron chi connectivity index (χ0n) is 20.2. The monoisotopic (exact) mass is 507 g/mol. The van der Waals surface area contributed by atoms with Crippen molar-refractivity contribution in [1.82, 2.24) is 15.1 Å². The molecule has 2 heterocycles. The molecule has 3 atom stereocenters. The van der Waals surface area contributed by atoms with Gasteiger partial charge in [-0.25, -0.2) is 9.59 Å². The number of carbonyl (C=O) groups excluding carboxylic acids is 3. The van der Waals surface area contributed by atoms with Crippen LogP contribution in [0, 0.1) is 0 Å². The van der Waals surface area contributed by atoms with E-state index in [0.717, 1.165) is 27.2 Å². The van der Waals surface area contributed by atoms with Gasteiger partial charge in [0.15, 0.2) is 0 Å². The fourth-order valence-electron chi connectivity index (χ4n) is 5.73. The van der Waals surface area contributed by atoms with Gasteiger partial charge >= 0.3 is 12.1 Å². The molecule has 2 aromatic carbocycles. The van der Waals surface area contributed by atoms with Gasteiger partial charge in [-0.3, -0.25) is 9.59 Å². The van der Waals surface area contributed by atoms with Crippen LogP contribution in [-0.4, -0.2) is 81.9 Å². The van der Waals surface area contributed by atoms with Crippen LogP contribution in [0.25, 0.3) is 11.1 Å². The predicted octanol–water partition coefficient (Wildman–Crippen LogP) is 1.91. The number of carboxylic acids is 1. The number of nitrogens with one attached hydrogen (secondary N) is 1. The normalized spacial score (nSPS) is 22.5. The van der Waals surface area contributed by atoms with Crippen molar-refractivity contribution in [3.05, 3.63) is 59.7 Å². The fourth-order valence-corrected chi connectivity index (χ4v) is 5.73. The van der Waals surface area contributed by atoms with E-state index in [2.05, 4.69) is 5.32 Å². The summed E-state index contributed by atoms with van der Waals surface area (Å²) in [7, 11) is 0. The number of aliphatic hydroxyl groups is 1. The maximum Gasteiger partial charge on any atom is 0.407 e. The van der Waals surface area contributed by atoms with Crippen LogP contribution in [0.4, 0.5) is 4.79 Å². The summed E-state index contributed by atoms with van der Waals surface area (Å²) in [4.78, 5) is 52.2. The van der Waals surface area contributed by atoms with Crippen LogP contribution in [0.3, 0.4) is 0 Å². The number of aliphatic carboxylic acids is 1. The molecular formula is C27H29N3O7. The summed E-state index contributed by atoms with van der Waals surface area (Å²) >= 11 is 0. The molecule has 194 valence electrons. The van der Waals surface area contributed by atoms with Crippen molar-refractivity contribution in [1.29, 1.82) is 0 Å². The highest BCUT2D eigenvalue weighted by atomic mass is 16.5. The summed E-state index contributed by atoms with van der Waals surface area (Å²) in [5.74, 6) is -2.34. The third-order valence-electron chi connectivity index (χ3n) is 7.48. The molecule has 2 aliphatic heterocycles. The van der Waals surface area contributed by atoms with E-state index in [4.69, 9.17) is 4.74 Å². The number of fused-ring (bicyclic) bond motifs is 3. The Kier molecular flexibility index (Phi) is 6.84. The minimum atomic E-state index is -1.19. The number of alkyl carbamates (subject to hydrolysis) is 1. The molecule has 2 fully saturated rings. The molecule has 0 bridgehead atoms. The standard InChI is InChI=1S/C27H29N3O7/c31-23-12-11-22(26(34)35)30(23)25(33)21-10-5-13-29(21)24(32)14-28-27(36)37-15-20-18-8-3-1-6-16(18)17-7-2-4-9-19(17)20/h1-4,6-9,20-23,31H,5,10-15H2,(H,28,36)(H,34,35)/t21-,22-,23+/m0/s1. The topological polar surface area (TPSA) is 136 Å². The Morgan fingerprint density at radius 1 is 0.919 bits per heavy atom. The first kappa shape index (κ1) is 24.8. The summed E-state index contributed by atoms with van der Waals surface area (Å²) in [6.07, 6.45) is -0.665. The maximum atomic E-state index is 13.1. The summed E-state index contributed by atoms with van der Waals surface area (Å²) in [5, 5.41) is 22.1. The van der Waals surface area contributed by atoms with Gasteiger partial charge in [0.25, 0.3) is 0 Å². The highest BCUT2D eigenvalue weighted by Crippen LogP contribution is 2.44. The van der Waals surface area contributed by atoms with E-state index in [0.29, 0.717) is 19.4 Å².